The summed E-state index contributed by atoms with van der Waals surface area (Å²) < 4.78 is 1.59. The number of carboxylic acid groups (broad SMARTS) is 1. The van der Waals surface area contributed by atoms with E-state index in [1.807, 2.05) is 0 Å². The molecule has 2 rings (SSSR count). The first-order valence-electron chi connectivity index (χ1n) is 6.10. The highest BCUT2D eigenvalue weighted by Crippen LogP contribution is 2.12. The van der Waals surface area contributed by atoms with Crippen molar-refractivity contribution in [2.75, 3.05) is 11.9 Å². The van der Waals surface area contributed by atoms with E-state index in [0.717, 1.165) is 0 Å². The van der Waals surface area contributed by atoms with Crippen LogP contribution in [0.1, 0.15) is 10.5 Å². The maximum Gasteiger partial charge on any atom is 0.356 e. The number of rotatable bonds is 5. The molecule has 0 saturated heterocycles. The number of nitrogens with zero attached hydrogens (tertiary/aromatic N) is 2. The molecule has 0 spiro atoms. The first kappa shape index (κ1) is 14.9. The molecule has 0 aliphatic heterocycles. The fraction of sp³-hybridized carbons (Fsp3) is 0.154. The highest BCUT2D eigenvalue weighted by atomic mass is 35.5. The number of imidazole rings is 1. The zero-order chi connectivity index (χ0) is 15.2. The van der Waals surface area contributed by atoms with E-state index in [1.54, 1.807) is 28.8 Å². The van der Waals surface area contributed by atoms with E-state index in [9.17, 15) is 9.59 Å². The van der Waals surface area contributed by atoms with Crippen molar-refractivity contribution in [3.05, 3.63) is 47.5 Å². The van der Waals surface area contributed by atoms with Crippen molar-refractivity contribution in [3.63, 3.8) is 0 Å². The van der Waals surface area contributed by atoms with Gasteiger partial charge < -0.3 is 20.3 Å². The van der Waals surface area contributed by atoms with Crippen molar-refractivity contribution in [2.45, 2.75) is 6.54 Å². The summed E-state index contributed by atoms with van der Waals surface area (Å²) in [4.78, 5) is 26.0. The van der Waals surface area contributed by atoms with Crippen LogP contribution in [0.3, 0.4) is 0 Å². The Labute approximate surface area is 125 Å². The van der Waals surface area contributed by atoms with Crippen molar-refractivity contribution >= 4 is 29.3 Å². The lowest BCUT2D eigenvalue weighted by Crippen LogP contribution is -2.31. The molecule has 0 aliphatic rings. The minimum Gasteiger partial charge on any atom is -0.476 e. The lowest BCUT2D eigenvalue weighted by atomic mass is 10.3. The van der Waals surface area contributed by atoms with Crippen LogP contribution in [-0.2, 0) is 6.54 Å². The van der Waals surface area contributed by atoms with Gasteiger partial charge in [-0.1, -0.05) is 11.6 Å². The van der Waals surface area contributed by atoms with Gasteiger partial charge in [-0.05, 0) is 24.3 Å². The Morgan fingerprint density at radius 3 is 2.62 bits per heavy atom. The van der Waals surface area contributed by atoms with Crippen LogP contribution in [0, 0.1) is 0 Å². The molecule has 0 unspecified atom stereocenters. The Morgan fingerprint density at radius 1 is 1.29 bits per heavy atom. The number of hydrogen-bond acceptors (Lipinski definition) is 3. The molecule has 1 heterocycles. The highest BCUT2D eigenvalue weighted by molar-refractivity contribution is 6.30. The van der Waals surface area contributed by atoms with Crippen LogP contribution in [0.25, 0.3) is 0 Å². The lowest BCUT2D eigenvalue weighted by molar-refractivity contribution is 0.0691. The van der Waals surface area contributed by atoms with Crippen molar-refractivity contribution in [2.24, 2.45) is 0 Å². The van der Waals surface area contributed by atoms with Crippen LogP contribution in [0.15, 0.2) is 36.8 Å². The second-order valence-electron chi connectivity index (χ2n) is 4.19. The third-order valence-electron chi connectivity index (χ3n) is 2.61. The molecule has 0 aliphatic carbocycles. The molecule has 2 amide bonds. The maximum atomic E-state index is 11.6. The summed E-state index contributed by atoms with van der Waals surface area (Å²) >= 11 is 5.75. The molecule has 7 nitrogen and oxygen atoms in total. The second kappa shape index (κ2) is 6.76. The summed E-state index contributed by atoms with van der Waals surface area (Å²) in [6, 6.07) is 6.39. The van der Waals surface area contributed by atoms with E-state index in [-0.39, 0.29) is 11.7 Å². The van der Waals surface area contributed by atoms with Crippen molar-refractivity contribution in [1.29, 1.82) is 0 Å². The minimum absolute atomic E-state index is 0.0272. The van der Waals surface area contributed by atoms with Crippen LogP contribution in [-0.4, -0.2) is 33.2 Å². The van der Waals surface area contributed by atoms with Gasteiger partial charge in [0, 0.05) is 30.0 Å². The molecule has 0 saturated carbocycles. The molecule has 0 radical (unpaired) electrons. The summed E-state index contributed by atoms with van der Waals surface area (Å²) in [5.41, 5.74) is 0.605. The lowest BCUT2D eigenvalue weighted by Gasteiger charge is -2.08. The predicted octanol–water partition coefficient (Wildman–Crippen LogP) is 2.06. The molecule has 0 bridgehead atoms. The van der Waals surface area contributed by atoms with Gasteiger partial charge in [0.15, 0.2) is 5.69 Å². The number of aromatic carboxylic acids is 1. The van der Waals surface area contributed by atoms with Crippen molar-refractivity contribution in [3.8, 4) is 0 Å². The minimum atomic E-state index is -1.08. The monoisotopic (exact) mass is 308 g/mol. The van der Waals surface area contributed by atoms with Gasteiger partial charge in [0.2, 0.25) is 0 Å². The largest absolute Gasteiger partial charge is 0.476 e. The van der Waals surface area contributed by atoms with Crippen LogP contribution < -0.4 is 10.6 Å². The number of nitrogens with one attached hydrogen (secondary N) is 2. The number of carbonyl (C=O) groups is 2. The number of carboxylic acids is 1. The van der Waals surface area contributed by atoms with Crippen LogP contribution in [0.2, 0.25) is 5.02 Å². The molecule has 0 fully saturated rings. The molecule has 110 valence electrons. The summed E-state index contributed by atoms with van der Waals surface area (Å²) in [5.74, 6) is -1.08. The Hall–Kier alpha value is -2.54. The van der Waals surface area contributed by atoms with Crippen molar-refractivity contribution in [1.82, 2.24) is 14.9 Å². The average molecular weight is 309 g/mol. The summed E-state index contributed by atoms with van der Waals surface area (Å²) in [7, 11) is 0. The van der Waals surface area contributed by atoms with Gasteiger partial charge in [-0.25, -0.2) is 14.6 Å². The fourth-order valence-electron chi connectivity index (χ4n) is 1.60. The van der Waals surface area contributed by atoms with Crippen LogP contribution >= 0.6 is 11.6 Å². The maximum absolute atomic E-state index is 11.6. The van der Waals surface area contributed by atoms with Gasteiger partial charge in [-0.3, -0.25) is 0 Å². The highest BCUT2D eigenvalue weighted by Gasteiger charge is 2.06. The van der Waals surface area contributed by atoms with Gasteiger partial charge in [-0.15, -0.1) is 0 Å². The number of aromatic nitrogens is 2. The van der Waals surface area contributed by atoms with E-state index in [1.165, 1.54) is 12.5 Å². The smallest absolute Gasteiger partial charge is 0.356 e. The van der Waals surface area contributed by atoms with E-state index in [0.29, 0.717) is 23.8 Å². The molecular weight excluding hydrogens is 296 g/mol. The summed E-state index contributed by atoms with van der Waals surface area (Å²) in [6.45, 7) is 0.767. The predicted molar refractivity (Wildman–Crippen MR) is 77.7 cm³/mol. The summed E-state index contributed by atoms with van der Waals surface area (Å²) in [6.07, 6.45) is 2.81. The molecule has 0 atom stereocenters. The van der Waals surface area contributed by atoms with E-state index < -0.39 is 5.97 Å². The Morgan fingerprint density at radius 2 is 2.00 bits per heavy atom. The molecule has 8 heteroatoms. The Kier molecular flexibility index (Phi) is 4.78. The first-order valence-corrected chi connectivity index (χ1v) is 6.48. The second-order valence-corrected chi connectivity index (χ2v) is 4.63. The molecule has 21 heavy (non-hydrogen) atoms. The average Bonchev–Trinajstić information content (AvgIpc) is 2.90. The molecule has 2 aromatic rings. The number of urea groups is 1. The Balaban J connectivity index is 1.76. The number of hydrogen-bond donors (Lipinski definition) is 3. The molecule has 1 aromatic heterocycles. The number of amides is 2. The number of halogens is 1. The number of carbonyl (C=O) groups excluding carboxylic acids is 1. The van der Waals surface area contributed by atoms with E-state index >= 15 is 0 Å². The normalized spacial score (nSPS) is 10.1. The third-order valence-corrected chi connectivity index (χ3v) is 2.86. The van der Waals surface area contributed by atoms with Gasteiger partial charge in [-0.2, -0.15) is 0 Å². The van der Waals surface area contributed by atoms with Gasteiger partial charge in [0.25, 0.3) is 0 Å². The van der Waals surface area contributed by atoms with Gasteiger partial charge in [0.05, 0.1) is 6.33 Å². The molecule has 1 aromatic carbocycles. The van der Waals surface area contributed by atoms with Gasteiger partial charge in [0.1, 0.15) is 0 Å². The zero-order valence-corrected chi connectivity index (χ0v) is 11.7. The number of anilines is 1. The fourth-order valence-corrected chi connectivity index (χ4v) is 1.73. The molecular formula is C13H13ClN4O3. The summed E-state index contributed by atoms with van der Waals surface area (Å²) in [5, 5.41) is 14.6. The quantitative estimate of drug-likeness (QED) is 0.787. The Bertz CT molecular complexity index is 639. The molecule has 3 N–H and O–H groups in total. The van der Waals surface area contributed by atoms with E-state index in [2.05, 4.69) is 15.6 Å². The van der Waals surface area contributed by atoms with E-state index in [4.69, 9.17) is 16.7 Å². The number of benzene rings is 1. The SMILES string of the molecule is O=C(NCCn1cnc(C(=O)O)c1)Nc1ccc(Cl)cc1. The third kappa shape index (κ3) is 4.50. The van der Waals surface area contributed by atoms with Crippen molar-refractivity contribution < 1.29 is 14.7 Å². The topological polar surface area (TPSA) is 96.2 Å². The standard InChI is InChI=1S/C13H13ClN4O3/c14-9-1-3-10(4-2-9)17-13(21)15-5-6-18-7-11(12(19)20)16-8-18/h1-4,7-8H,5-6H2,(H,19,20)(H2,15,17,21). The van der Waals surface area contributed by atoms with Gasteiger partial charge >= 0.3 is 12.0 Å². The first-order chi connectivity index (χ1) is 10.0. The van der Waals surface area contributed by atoms with Crippen LogP contribution in [0.4, 0.5) is 10.5 Å². The van der Waals surface area contributed by atoms with Crippen LogP contribution in [0.5, 0.6) is 0 Å². The zero-order valence-electron chi connectivity index (χ0n) is 10.9.